The number of ether oxygens (including phenoxy) is 3. The molecule has 0 fully saturated rings. The average Bonchev–Trinajstić information content (AvgIpc) is 2.99. The zero-order chi connectivity index (χ0) is 22.6. The molecule has 0 radical (unpaired) electrons. The predicted octanol–water partition coefficient (Wildman–Crippen LogP) is 3.16. The lowest BCUT2D eigenvalue weighted by Gasteiger charge is -2.10. The number of carbonyl (C=O) groups is 1. The number of fused-ring (bicyclic) bond motifs is 2. The van der Waals surface area contributed by atoms with Gasteiger partial charge in [-0.25, -0.2) is 18.1 Å². The zero-order valence-electron chi connectivity index (χ0n) is 17.4. The van der Waals surface area contributed by atoms with E-state index in [0.29, 0.717) is 36.5 Å². The number of rotatable bonds is 8. The summed E-state index contributed by atoms with van der Waals surface area (Å²) in [6, 6.07) is 9.98. The fraction of sp³-hybridized carbons (Fsp3) is 0.333. The van der Waals surface area contributed by atoms with E-state index in [9.17, 15) is 13.2 Å². The van der Waals surface area contributed by atoms with Crippen LogP contribution < -0.4 is 24.2 Å². The monoisotopic (exact) mass is 477 g/mol. The van der Waals surface area contributed by atoms with E-state index in [4.69, 9.17) is 14.2 Å². The Bertz CT molecular complexity index is 1230. The topological polar surface area (TPSA) is 116 Å². The summed E-state index contributed by atoms with van der Waals surface area (Å²) in [5, 5.41) is 3.16. The Kier molecular flexibility index (Phi) is 6.77. The molecule has 170 valence electrons. The third-order valence-corrected chi connectivity index (χ3v) is 6.98. The van der Waals surface area contributed by atoms with Crippen LogP contribution in [-0.2, 0) is 14.8 Å². The summed E-state index contributed by atoms with van der Waals surface area (Å²) in [5.41, 5.74) is 0.754. The molecule has 32 heavy (non-hydrogen) atoms. The number of benzene rings is 2. The Balaban J connectivity index is 1.33. The molecule has 0 saturated heterocycles. The first kappa shape index (κ1) is 22.3. The van der Waals surface area contributed by atoms with Gasteiger partial charge in [-0.05, 0) is 37.3 Å². The average molecular weight is 478 g/mol. The maximum atomic E-state index is 12.6. The van der Waals surface area contributed by atoms with Crippen molar-refractivity contribution in [1.29, 1.82) is 0 Å². The zero-order valence-corrected chi connectivity index (χ0v) is 19.1. The maximum Gasteiger partial charge on any atom is 0.240 e. The summed E-state index contributed by atoms with van der Waals surface area (Å²) >= 11 is 1.33. The van der Waals surface area contributed by atoms with Gasteiger partial charge in [-0.15, -0.1) is 0 Å². The first-order valence-electron chi connectivity index (χ1n) is 10.2. The highest BCUT2D eigenvalue weighted by Gasteiger charge is 2.19. The summed E-state index contributed by atoms with van der Waals surface area (Å²) in [6.07, 6.45) is 0.691. The number of carbonyl (C=O) groups excluding carboxylic acids is 1. The van der Waals surface area contributed by atoms with Crippen LogP contribution in [0, 0.1) is 0 Å². The molecular weight excluding hydrogens is 454 g/mol. The summed E-state index contributed by atoms with van der Waals surface area (Å²) in [7, 11) is -3.80. The summed E-state index contributed by atoms with van der Waals surface area (Å²) in [4.78, 5) is 16.7. The minimum Gasteiger partial charge on any atom is -0.494 e. The fourth-order valence-corrected chi connectivity index (χ4v) is 5.05. The highest BCUT2D eigenvalue weighted by molar-refractivity contribution is 7.89. The Hall–Kier alpha value is -2.89. The van der Waals surface area contributed by atoms with Crippen molar-refractivity contribution >= 4 is 42.6 Å². The Morgan fingerprint density at radius 1 is 1.16 bits per heavy atom. The van der Waals surface area contributed by atoms with Crippen LogP contribution in [-0.4, -0.2) is 45.7 Å². The van der Waals surface area contributed by atoms with Crippen LogP contribution in [0.5, 0.6) is 17.2 Å². The minimum atomic E-state index is -3.80. The Morgan fingerprint density at radius 2 is 1.97 bits per heavy atom. The molecule has 11 heteroatoms. The van der Waals surface area contributed by atoms with Crippen LogP contribution in [0.25, 0.3) is 10.2 Å². The molecule has 1 aromatic heterocycles. The van der Waals surface area contributed by atoms with Crippen molar-refractivity contribution in [3.8, 4) is 17.2 Å². The number of hydrogen-bond donors (Lipinski definition) is 2. The lowest BCUT2D eigenvalue weighted by atomic mass is 10.3. The summed E-state index contributed by atoms with van der Waals surface area (Å²) in [5.74, 6) is 1.32. The van der Waals surface area contributed by atoms with Gasteiger partial charge in [0.1, 0.15) is 5.75 Å². The number of amides is 1. The molecule has 1 aliphatic rings. The normalized spacial score (nSPS) is 13.5. The summed E-state index contributed by atoms with van der Waals surface area (Å²) in [6.45, 7) is 3.40. The van der Waals surface area contributed by atoms with Gasteiger partial charge in [0.25, 0.3) is 0 Å². The Morgan fingerprint density at radius 3 is 2.78 bits per heavy atom. The van der Waals surface area contributed by atoms with E-state index in [0.717, 1.165) is 22.4 Å². The fourth-order valence-electron chi connectivity index (χ4n) is 3.09. The van der Waals surface area contributed by atoms with Crippen molar-refractivity contribution in [1.82, 2.24) is 9.71 Å². The van der Waals surface area contributed by atoms with Crippen LogP contribution in [0.1, 0.15) is 19.8 Å². The SMILES string of the molecule is CCOc1ccc2nc(NC(=O)CCNS(=O)(=O)c3ccc4c(c3)OCCCO4)sc2c1. The molecule has 0 atom stereocenters. The number of nitrogens with zero attached hydrogens (tertiary/aromatic N) is 1. The standard InChI is InChI=1S/C21H23N3O6S2/c1-2-28-14-4-6-16-19(12-14)31-21(23-16)24-20(25)8-9-22-32(26,27)15-5-7-17-18(13-15)30-11-3-10-29-17/h4-7,12-13,22H,2-3,8-11H2,1H3,(H,23,24,25). The van der Waals surface area contributed by atoms with Crippen LogP contribution >= 0.6 is 11.3 Å². The van der Waals surface area contributed by atoms with E-state index in [2.05, 4.69) is 15.0 Å². The van der Waals surface area contributed by atoms with Crippen molar-refractivity contribution in [2.45, 2.75) is 24.7 Å². The third kappa shape index (κ3) is 5.29. The van der Waals surface area contributed by atoms with E-state index in [1.165, 1.54) is 23.5 Å². The first-order chi connectivity index (χ1) is 15.4. The number of hydrogen-bond acceptors (Lipinski definition) is 8. The quantitative estimate of drug-likeness (QED) is 0.512. The number of aromatic nitrogens is 1. The molecule has 0 aliphatic carbocycles. The Labute approximate surface area is 189 Å². The maximum absolute atomic E-state index is 12.6. The van der Waals surface area contributed by atoms with E-state index in [1.54, 1.807) is 6.07 Å². The molecule has 0 bridgehead atoms. The molecule has 4 rings (SSSR count). The van der Waals surface area contributed by atoms with Crippen LogP contribution in [0.2, 0.25) is 0 Å². The van der Waals surface area contributed by atoms with Crippen molar-refractivity contribution in [2.75, 3.05) is 31.7 Å². The van der Waals surface area contributed by atoms with Gasteiger partial charge in [0.05, 0.1) is 34.9 Å². The van der Waals surface area contributed by atoms with Crippen molar-refractivity contribution in [3.05, 3.63) is 36.4 Å². The molecular formula is C21H23N3O6S2. The lowest BCUT2D eigenvalue weighted by molar-refractivity contribution is -0.116. The van der Waals surface area contributed by atoms with Crippen LogP contribution in [0.4, 0.5) is 5.13 Å². The third-order valence-electron chi connectivity index (χ3n) is 4.59. The molecule has 3 aromatic rings. The van der Waals surface area contributed by atoms with E-state index < -0.39 is 10.0 Å². The van der Waals surface area contributed by atoms with Crippen molar-refractivity contribution < 1.29 is 27.4 Å². The van der Waals surface area contributed by atoms with Gasteiger partial charge in [0.15, 0.2) is 16.6 Å². The molecule has 2 heterocycles. The minimum absolute atomic E-state index is 0.0378. The number of nitrogens with one attached hydrogen (secondary N) is 2. The summed E-state index contributed by atoms with van der Waals surface area (Å²) < 4.78 is 45.0. The highest BCUT2D eigenvalue weighted by Crippen LogP contribution is 2.32. The first-order valence-corrected chi connectivity index (χ1v) is 12.5. The van der Waals surface area contributed by atoms with E-state index in [-0.39, 0.29) is 23.8 Å². The molecule has 0 unspecified atom stereocenters. The van der Waals surface area contributed by atoms with Gasteiger partial charge in [0.2, 0.25) is 15.9 Å². The van der Waals surface area contributed by atoms with Gasteiger partial charge < -0.3 is 19.5 Å². The predicted molar refractivity (Wildman–Crippen MR) is 121 cm³/mol. The van der Waals surface area contributed by atoms with Gasteiger partial charge >= 0.3 is 0 Å². The van der Waals surface area contributed by atoms with E-state index in [1.807, 2.05) is 25.1 Å². The van der Waals surface area contributed by atoms with Gasteiger partial charge in [-0.3, -0.25) is 4.79 Å². The number of thiazole rings is 1. The smallest absolute Gasteiger partial charge is 0.240 e. The van der Waals surface area contributed by atoms with Gasteiger partial charge in [-0.1, -0.05) is 11.3 Å². The number of sulfonamides is 1. The van der Waals surface area contributed by atoms with Gasteiger partial charge in [-0.2, -0.15) is 0 Å². The molecule has 0 spiro atoms. The van der Waals surface area contributed by atoms with Crippen LogP contribution in [0.15, 0.2) is 41.3 Å². The molecule has 1 aliphatic heterocycles. The second-order valence-corrected chi connectivity index (χ2v) is 9.73. The van der Waals surface area contributed by atoms with Gasteiger partial charge in [0, 0.05) is 25.5 Å². The molecule has 2 aromatic carbocycles. The highest BCUT2D eigenvalue weighted by atomic mass is 32.2. The van der Waals surface area contributed by atoms with E-state index >= 15 is 0 Å². The molecule has 9 nitrogen and oxygen atoms in total. The largest absolute Gasteiger partial charge is 0.494 e. The molecule has 2 N–H and O–H groups in total. The van der Waals surface area contributed by atoms with Crippen molar-refractivity contribution in [3.63, 3.8) is 0 Å². The van der Waals surface area contributed by atoms with Crippen molar-refractivity contribution in [2.24, 2.45) is 0 Å². The second kappa shape index (κ2) is 9.72. The van der Waals surface area contributed by atoms with Crippen LogP contribution in [0.3, 0.4) is 0 Å². The lowest BCUT2D eigenvalue weighted by Crippen LogP contribution is -2.27. The molecule has 0 saturated carbocycles. The molecule has 1 amide bonds. The number of anilines is 1. The second-order valence-electron chi connectivity index (χ2n) is 6.94.